The van der Waals surface area contributed by atoms with Crippen LogP contribution >= 0.6 is 0 Å². The van der Waals surface area contributed by atoms with Gasteiger partial charge in [0.15, 0.2) is 0 Å². The van der Waals surface area contributed by atoms with Gasteiger partial charge in [0.2, 0.25) is 5.91 Å². The standard InChI is InChI=1S/C20H39NO3/c1-3-4-5-6-7-8-9-10-11-15-18-24-20(23)16-13-12-14-17-21-19(2)22/h3-18H2,1-2H3,(H,21,22). The number of hydrogen-bond acceptors (Lipinski definition) is 3. The van der Waals surface area contributed by atoms with Gasteiger partial charge < -0.3 is 10.1 Å². The molecular formula is C20H39NO3. The summed E-state index contributed by atoms with van der Waals surface area (Å²) in [6, 6.07) is 0. The Bertz CT molecular complexity index is 305. The van der Waals surface area contributed by atoms with Crippen molar-refractivity contribution in [2.75, 3.05) is 13.2 Å². The Balaban J connectivity index is 3.16. The van der Waals surface area contributed by atoms with Crippen LogP contribution in [0.15, 0.2) is 0 Å². The highest BCUT2D eigenvalue weighted by atomic mass is 16.5. The van der Waals surface area contributed by atoms with Crippen LogP contribution in [-0.4, -0.2) is 25.0 Å². The minimum atomic E-state index is -0.0783. The molecule has 24 heavy (non-hydrogen) atoms. The normalized spacial score (nSPS) is 10.6. The molecule has 0 unspecified atom stereocenters. The van der Waals surface area contributed by atoms with E-state index in [1.54, 1.807) is 0 Å². The van der Waals surface area contributed by atoms with Gasteiger partial charge in [-0.3, -0.25) is 9.59 Å². The summed E-state index contributed by atoms with van der Waals surface area (Å²) in [4.78, 5) is 22.2. The van der Waals surface area contributed by atoms with E-state index in [0.717, 1.165) is 25.7 Å². The van der Waals surface area contributed by atoms with Crippen molar-refractivity contribution >= 4 is 11.9 Å². The van der Waals surface area contributed by atoms with Gasteiger partial charge in [0.25, 0.3) is 0 Å². The fraction of sp³-hybridized carbons (Fsp3) is 0.900. The maximum Gasteiger partial charge on any atom is 0.305 e. The molecular weight excluding hydrogens is 302 g/mol. The van der Waals surface area contributed by atoms with Crippen LogP contribution in [0.4, 0.5) is 0 Å². The molecule has 0 fully saturated rings. The Morgan fingerprint density at radius 3 is 1.88 bits per heavy atom. The molecule has 0 heterocycles. The van der Waals surface area contributed by atoms with Crippen molar-refractivity contribution in [3.63, 3.8) is 0 Å². The van der Waals surface area contributed by atoms with E-state index in [9.17, 15) is 9.59 Å². The van der Waals surface area contributed by atoms with Crippen LogP contribution in [0.5, 0.6) is 0 Å². The second-order valence-electron chi connectivity index (χ2n) is 6.70. The molecule has 0 aromatic carbocycles. The molecule has 0 saturated carbocycles. The van der Waals surface area contributed by atoms with Crippen LogP contribution in [0.1, 0.15) is 104 Å². The Labute approximate surface area is 149 Å². The number of carbonyl (C=O) groups is 2. The number of nitrogens with one attached hydrogen (secondary N) is 1. The zero-order valence-corrected chi connectivity index (χ0v) is 16.0. The predicted molar refractivity (Wildman–Crippen MR) is 100.0 cm³/mol. The average Bonchev–Trinajstić information content (AvgIpc) is 2.55. The number of esters is 1. The van der Waals surface area contributed by atoms with Crippen molar-refractivity contribution in [1.29, 1.82) is 0 Å². The molecule has 142 valence electrons. The molecule has 0 saturated heterocycles. The van der Waals surface area contributed by atoms with Gasteiger partial charge in [-0.15, -0.1) is 0 Å². The Morgan fingerprint density at radius 1 is 0.750 bits per heavy atom. The largest absolute Gasteiger partial charge is 0.466 e. The first-order valence-electron chi connectivity index (χ1n) is 10.1. The van der Waals surface area contributed by atoms with Gasteiger partial charge in [-0.25, -0.2) is 0 Å². The van der Waals surface area contributed by atoms with Crippen LogP contribution in [0, 0.1) is 0 Å². The van der Waals surface area contributed by atoms with E-state index in [-0.39, 0.29) is 11.9 Å². The molecule has 0 aromatic rings. The monoisotopic (exact) mass is 341 g/mol. The Morgan fingerprint density at radius 2 is 1.29 bits per heavy atom. The van der Waals surface area contributed by atoms with Gasteiger partial charge in [0.05, 0.1) is 6.61 Å². The molecule has 1 amide bonds. The van der Waals surface area contributed by atoms with Gasteiger partial charge in [-0.05, 0) is 19.3 Å². The number of carbonyl (C=O) groups excluding carboxylic acids is 2. The number of unbranched alkanes of at least 4 members (excludes halogenated alkanes) is 11. The second kappa shape index (κ2) is 18.3. The molecule has 4 heteroatoms. The lowest BCUT2D eigenvalue weighted by molar-refractivity contribution is -0.143. The lowest BCUT2D eigenvalue weighted by Gasteiger charge is -2.05. The number of rotatable bonds is 17. The van der Waals surface area contributed by atoms with E-state index in [1.165, 1.54) is 64.7 Å². The third kappa shape index (κ3) is 19.0. The first-order chi connectivity index (χ1) is 11.7. The fourth-order valence-corrected chi connectivity index (χ4v) is 2.68. The van der Waals surface area contributed by atoms with Crippen LogP contribution in [-0.2, 0) is 14.3 Å². The summed E-state index contributed by atoms with van der Waals surface area (Å²) in [5.74, 6) is -0.0728. The summed E-state index contributed by atoms with van der Waals surface area (Å²) in [5.41, 5.74) is 0. The lowest BCUT2D eigenvalue weighted by Crippen LogP contribution is -2.20. The molecule has 0 bridgehead atoms. The summed E-state index contributed by atoms with van der Waals surface area (Å²) in [6.45, 7) is 5.04. The minimum absolute atomic E-state index is 0.00547. The first kappa shape index (κ1) is 22.9. The van der Waals surface area contributed by atoms with E-state index >= 15 is 0 Å². The van der Waals surface area contributed by atoms with E-state index in [4.69, 9.17) is 4.74 Å². The molecule has 0 aliphatic heterocycles. The van der Waals surface area contributed by atoms with Crippen LogP contribution in [0.2, 0.25) is 0 Å². The lowest BCUT2D eigenvalue weighted by atomic mass is 10.1. The third-order valence-corrected chi connectivity index (χ3v) is 4.19. The SMILES string of the molecule is CCCCCCCCCCCCOC(=O)CCCCCNC(C)=O. The molecule has 0 aliphatic carbocycles. The maximum absolute atomic E-state index is 11.6. The number of ether oxygens (including phenoxy) is 1. The molecule has 4 nitrogen and oxygen atoms in total. The molecule has 0 aromatic heterocycles. The van der Waals surface area contributed by atoms with Gasteiger partial charge in [0, 0.05) is 19.9 Å². The van der Waals surface area contributed by atoms with Crippen molar-refractivity contribution in [1.82, 2.24) is 5.32 Å². The molecule has 1 N–H and O–H groups in total. The predicted octanol–water partition coefficient (Wildman–Crippen LogP) is 5.15. The quantitative estimate of drug-likeness (QED) is 0.294. The van der Waals surface area contributed by atoms with Crippen LogP contribution < -0.4 is 5.32 Å². The van der Waals surface area contributed by atoms with Gasteiger partial charge in [-0.1, -0.05) is 71.1 Å². The average molecular weight is 342 g/mol. The number of amides is 1. The highest BCUT2D eigenvalue weighted by molar-refractivity contribution is 5.72. The summed E-state index contributed by atoms with van der Waals surface area (Å²) in [7, 11) is 0. The first-order valence-corrected chi connectivity index (χ1v) is 10.1. The van der Waals surface area contributed by atoms with Crippen molar-refractivity contribution in [3.8, 4) is 0 Å². The summed E-state index contributed by atoms with van der Waals surface area (Å²) >= 11 is 0. The molecule has 0 spiro atoms. The highest BCUT2D eigenvalue weighted by Gasteiger charge is 2.02. The summed E-state index contributed by atoms with van der Waals surface area (Å²) in [6.07, 6.45) is 16.1. The van der Waals surface area contributed by atoms with Crippen molar-refractivity contribution in [2.24, 2.45) is 0 Å². The fourth-order valence-electron chi connectivity index (χ4n) is 2.68. The Kier molecular flexibility index (Phi) is 17.5. The van der Waals surface area contributed by atoms with Gasteiger partial charge in [0.1, 0.15) is 0 Å². The zero-order valence-electron chi connectivity index (χ0n) is 16.0. The summed E-state index contributed by atoms with van der Waals surface area (Å²) in [5, 5.41) is 2.75. The topological polar surface area (TPSA) is 55.4 Å². The van der Waals surface area contributed by atoms with Crippen molar-refractivity contribution < 1.29 is 14.3 Å². The van der Waals surface area contributed by atoms with E-state index in [2.05, 4.69) is 12.2 Å². The van der Waals surface area contributed by atoms with Crippen molar-refractivity contribution in [2.45, 2.75) is 104 Å². The third-order valence-electron chi connectivity index (χ3n) is 4.19. The van der Waals surface area contributed by atoms with E-state index in [0.29, 0.717) is 19.6 Å². The highest BCUT2D eigenvalue weighted by Crippen LogP contribution is 2.10. The molecule has 0 atom stereocenters. The second-order valence-corrected chi connectivity index (χ2v) is 6.70. The zero-order chi connectivity index (χ0) is 17.9. The van der Waals surface area contributed by atoms with Gasteiger partial charge in [-0.2, -0.15) is 0 Å². The van der Waals surface area contributed by atoms with E-state index in [1.807, 2.05) is 0 Å². The summed E-state index contributed by atoms with van der Waals surface area (Å²) < 4.78 is 5.25. The van der Waals surface area contributed by atoms with Crippen molar-refractivity contribution in [3.05, 3.63) is 0 Å². The van der Waals surface area contributed by atoms with Crippen LogP contribution in [0.25, 0.3) is 0 Å². The smallest absolute Gasteiger partial charge is 0.305 e. The van der Waals surface area contributed by atoms with Gasteiger partial charge >= 0.3 is 5.97 Å². The van der Waals surface area contributed by atoms with E-state index < -0.39 is 0 Å². The molecule has 0 rings (SSSR count). The Hall–Kier alpha value is -1.06. The van der Waals surface area contributed by atoms with Crippen LogP contribution in [0.3, 0.4) is 0 Å². The molecule has 0 radical (unpaired) electrons. The molecule has 0 aliphatic rings. The minimum Gasteiger partial charge on any atom is -0.466 e. The maximum atomic E-state index is 11.6. The number of hydrogen-bond donors (Lipinski definition) is 1.